The first-order valence-electron chi connectivity index (χ1n) is 6.13. The van der Waals surface area contributed by atoms with Gasteiger partial charge in [0.1, 0.15) is 5.60 Å². The maximum atomic E-state index is 10.1. The molecule has 0 radical (unpaired) electrons. The SMILES string of the molecule is CC(C)n1cc(CNCC2(O)CCOC2)cn1. The van der Waals surface area contributed by atoms with Gasteiger partial charge in [0.25, 0.3) is 0 Å². The Bertz CT molecular complexity index is 356. The molecule has 17 heavy (non-hydrogen) atoms. The number of nitrogens with zero attached hydrogens (tertiary/aromatic N) is 2. The van der Waals surface area contributed by atoms with E-state index in [1.54, 1.807) is 0 Å². The molecule has 0 saturated carbocycles. The largest absolute Gasteiger partial charge is 0.386 e. The van der Waals surface area contributed by atoms with Crippen LogP contribution in [0.4, 0.5) is 0 Å². The molecule has 1 atom stereocenters. The summed E-state index contributed by atoms with van der Waals surface area (Å²) in [5, 5.41) is 17.6. The second-order valence-corrected chi connectivity index (χ2v) is 5.05. The van der Waals surface area contributed by atoms with Crippen LogP contribution in [0.2, 0.25) is 0 Å². The van der Waals surface area contributed by atoms with Crippen LogP contribution < -0.4 is 5.32 Å². The molecule has 5 nitrogen and oxygen atoms in total. The Kier molecular flexibility index (Phi) is 3.81. The Morgan fingerprint density at radius 2 is 2.47 bits per heavy atom. The number of ether oxygens (including phenoxy) is 1. The molecule has 2 heterocycles. The van der Waals surface area contributed by atoms with E-state index in [-0.39, 0.29) is 0 Å². The second kappa shape index (κ2) is 5.16. The van der Waals surface area contributed by atoms with Crippen LogP contribution >= 0.6 is 0 Å². The van der Waals surface area contributed by atoms with E-state index in [1.165, 1.54) is 0 Å². The van der Waals surface area contributed by atoms with Gasteiger partial charge in [0, 0.05) is 43.9 Å². The van der Waals surface area contributed by atoms with Gasteiger partial charge in [-0.2, -0.15) is 5.10 Å². The molecule has 0 bridgehead atoms. The van der Waals surface area contributed by atoms with Crippen LogP contribution in [0.1, 0.15) is 31.9 Å². The minimum Gasteiger partial charge on any atom is -0.386 e. The smallest absolute Gasteiger partial charge is 0.102 e. The van der Waals surface area contributed by atoms with Crippen molar-refractivity contribution in [1.29, 1.82) is 0 Å². The average molecular weight is 239 g/mol. The van der Waals surface area contributed by atoms with Gasteiger partial charge >= 0.3 is 0 Å². The molecule has 5 heteroatoms. The molecule has 1 aliphatic rings. The number of hydrogen-bond acceptors (Lipinski definition) is 4. The first kappa shape index (κ1) is 12.5. The molecule has 1 aliphatic heterocycles. The van der Waals surface area contributed by atoms with Crippen molar-refractivity contribution in [3.63, 3.8) is 0 Å². The lowest BCUT2D eigenvalue weighted by Gasteiger charge is -2.20. The molecule has 0 aromatic carbocycles. The van der Waals surface area contributed by atoms with E-state index in [0.717, 1.165) is 12.1 Å². The lowest BCUT2D eigenvalue weighted by atomic mass is 10.0. The molecular formula is C12H21N3O2. The highest BCUT2D eigenvalue weighted by Crippen LogP contribution is 2.17. The van der Waals surface area contributed by atoms with Gasteiger partial charge in [0.05, 0.1) is 12.8 Å². The van der Waals surface area contributed by atoms with Crippen molar-refractivity contribution in [3.05, 3.63) is 18.0 Å². The van der Waals surface area contributed by atoms with Crippen LogP contribution in [0.3, 0.4) is 0 Å². The fourth-order valence-electron chi connectivity index (χ4n) is 1.93. The summed E-state index contributed by atoms with van der Waals surface area (Å²) in [6, 6.07) is 0.385. The zero-order valence-corrected chi connectivity index (χ0v) is 10.5. The lowest BCUT2D eigenvalue weighted by Crippen LogP contribution is -2.40. The van der Waals surface area contributed by atoms with E-state index < -0.39 is 5.60 Å². The Morgan fingerprint density at radius 1 is 1.65 bits per heavy atom. The standard InChI is InChI=1S/C12H21N3O2/c1-10(2)15-7-11(6-14-15)5-13-8-12(16)3-4-17-9-12/h6-7,10,13,16H,3-5,8-9H2,1-2H3. The molecule has 1 aromatic heterocycles. The third-order valence-corrected chi connectivity index (χ3v) is 3.05. The Hall–Kier alpha value is -0.910. The van der Waals surface area contributed by atoms with Crippen molar-refractivity contribution < 1.29 is 9.84 Å². The van der Waals surface area contributed by atoms with Gasteiger partial charge in [-0.3, -0.25) is 4.68 Å². The van der Waals surface area contributed by atoms with E-state index in [2.05, 4.69) is 24.3 Å². The first-order valence-corrected chi connectivity index (χ1v) is 6.13. The molecule has 1 unspecified atom stereocenters. The summed E-state index contributed by atoms with van der Waals surface area (Å²) in [7, 11) is 0. The van der Waals surface area contributed by atoms with Crippen LogP contribution in [-0.4, -0.2) is 40.2 Å². The summed E-state index contributed by atoms with van der Waals surface area (Å²) in [5.74, 6) is 0. The van der Waals surface area contributed by atoms with Gasteiger partial charge in [-0.05, 0) is 13.8 Å². The molecule has 1 saturated heterocycles. The number of hydrogen-bond donors (Lipinski definition) is 2. The lowest BCUT2D eigenvalue weighted by molar-refractivity contribution is 0.0268. The van der Waals surface area contributed by atoms with Crippen molar-refractivity contribution in [2.75, 3.05) is 19.8 Å². The Balaban J connectivity index is 1.77. The van der Waals surface area contributed by atoms with Crippen LogP contribution in [0.15, 0.2) is 12.4 Å². The van der Waals surface area contributed by atoms with Crippen molar-refractivity contribution in [2.24, 2.45) is 0 Å². The number of rotatable bonds is 5. The normalized spacial score (nSPS) is 24.7. The van der Waals surface area contributed by atoms with E-state index in [0.29, 0.717) is 32.2 Å². The minimum absolute atomic E-state index is 0.385. The van der Waals surface area contributed by atoms with Gasteiger partial charge < -0.3 is 15.2 Å². The maximum absolute atomic E-state index is 10.1. The van der Waals surface area contributed by atoms with Gasteiger partial charge in [-0.25, -0.2) is 0 Å². The van der Waals surface area contributed by atoms with Gasteiger partial charge in [-0.15, -0.1) is 0 Å². The van der Waals surface area contributed by atoms with Crippen molar-refractivity contribution in [2.45, 2.75) is 38.5 Å². The zero-order valence-electron chi connectivity index (χ0n) is 10.5. The third-order valence-electron chi connectivity index (χ3n) is 3.05. The number of aliphatic hydroxyl groups is 1. The molecule has 1 fully saturated rings. The molecule has 0 aliphatic carbocycles. The third kappa shape index (κ3) is 3.28. The van der Waals surface area contributed by atoms with E-state index in [1.807, 2.05) is 17.1 Å². The van der Waals surface area contributed by atoms with Crippen molar-refractivity contribution in [3.8, 4) is 0 Å². The summed E-state index contributed by atoms with van der Waals surface area (Å²) in [6.45, 7) is 6.59. The molecule has 2 N–H and O–H groups in total. The predicted molar refractivity (Wildman–Crippen MR) is 64.7 cm³/mol. The van der Waals surface area contributed by atoms with Crippen molar-refractivity contribution >= 4 is 0 Å². The monoisotopic (exact) mass is 239 g/mol. The van der Waals surface area contributed by atoms with Gasteiger partial charge in [0.2, 0.25) is 0 Å². The highest BCUT2D eigenvalue weighted by molar-refractivity contribution is 5.04. The van der Waals surface area contributed by atoms with E-state index >= 15 is 0 Å². The Morgan fingerprint density at radius 3 is 3.06 bits per heavy atom. The minimum atomic E-state index is -0.686. The van der Waals surface area contributed by atoms with Crippen LogP contribution in [-0.2, 0) is 11.3 Å². The maximum Gasteiger partial charge on any atom is 0.102 e. The molecule has 0 spiro atoms. The average Bonchev–Trinajstić information content (AvgIpc) is 2.88. The number of aromatic nitrogens is 2. The fraction of sp³-hybridized carbons (Fsp3) is 0.750. The van der Waals surface area contributed by atoms with Gasteiger partial charge in [0.15, 0.2) is 0 Å². The quantitative estimate of drug-likeness (QED) is 0.794. The van der Waals surface area contributed by atoms with E-state index in [4.69, 9.17) is 4.74 Å². The molecule has 0 amide bonds. The highest BCUT2D eigenvalue weighted by Gasteiger charge is 2.31. The van der Waals surface area contributed by atoms with Crippen LogP contribution in [0, 0.1) is 0 Å². The molecule has 2 rings (SSSR count). The van der Waals surface area contributed by atoms with Crippen LogP contribution in [0.25, 0.3) is 0 Å². The fourth-order valence-corrected chi connectivity index (χ4v) is 1.93. The van der Waals surface area contributed by atoms with Gasteiger partial charge in [-0.1, -0.05) is 0 Å². The molecule has 96 valence electrons. The summed E-state index contributed by atoms with van der Waals surface area (Å²) >= 11 is 0. The molecular weight excluding hydrogens is 218 g/mol. The summed E-state index contributed by atoms with van der Waals surface area (Å²) in [6.07, 6.45) is 4.61. The predicted octanol–water partition coefficient (Wildman–Crippen LogP) is 0.705. The topological polar surface area (TPSA) is 59.3 Å². The summed E-state index contributed by atoms with van der Waals surface area (Å²) in [5.41, 5.74) is 0.454. The Labute approximate surface area is 102 Å². The molecule has 1 aromatic rings. The first-order chi connectivity index (χ1) is 8.09. The summed E-state index contributed by atoms with van der Waals surface area (Å²) < 4.78 is 7.13. The number of nitrogens with one attached hydrogen (secondary N) is 1. The second-order valence-electron chi connectivity index (χ2n) is 5.05. The van der Waals surface area contributed by atoms with Crippen molar-refractivity contribution in [1.82, 2.24) is 15.1 Å². The summed E-state index contributed by atoms with van der Waals surface area (Å²) in [4.78, 5) is 0. The van der Waals surface area contributed by atoms with Crippen LogP contribution in [0.5, 0.6) is 0 Å². The highest BCUT2D eigenvalue weighted by atomic mass is 16.5. The van der Waals surface area contributed by atoms with E-state index in [9.17, 15) is 5.11 Å². The zero-order chi connectivity index (χ0) is 12.3.